The highest BCUT2D eigenvalue weighted by molar-refractivity contribution is 6.00. The van der Waals surface area contributed by atoms with Gasteiger partial charge in [0.15, 0.2) is 0 Å². The lowest BCUT2D eigenvalue weighted by Crippen LogP contribution is -2.50. The standard InChI is InChI=1S/C20H20N2O5/c23-18-14-26-13-17(19(24)22(18)11-15-7-3-1-4-8-15)21-20(25)27-12-16-9-5-2-6-10-16/h1-10,17H,11-14H2,(H,21,25). The Morgan fingerprint density at radius 1 is 1.04 bits per heavy atom. The topological polar surface area (TPSA) is 84.9 Å². The zero-order valence-corrected chi connectivity index (χ0v) is 14.7. The average molecular weight is 368 g/mol. The summed E-state index contributed by atoms with van der Waals surface area (Å²) in [4.78, 5) is 38.1. The van der Waals surface area contributed by atoms with Crippen molar-refractivity contribution in [3.8, 4) is 0 Å². The van der Waals surface area contributed by atoms with Crippen molar-refractivity contribution >= 4 is 17.9 Å². The van der Waals surface area contributed by atoms with Crippen molar-refractivity contribution in [2.75, 3.05) is 13.2 Å². The predicted molar refractivity (Wildman–Crippen MR) is 96.4 cm³/mol. The van der Waals surface area contributed by atoms with Crippen molar-refractivity contribution in [1.82, 2.24) is 10.2 Å². The van der Waals surface area contributed by atoms with Crippen LogP contribution in [0, 0.1) is 0 Å². The van der Waals surface area contributed by atoms with Crippen LogP contribution in [0.25, 0.3) is 0 Å². The summed E-state index contributed by atoms with van der Waals surface area (Å²) in [6.45, 7) is -0.0909. The number of nitrogens with one attached hydrogen (secondary N) is 1. The van der Waals surface area contributed by atoms with Crippen molar-refractivity contribution in [3.63, 3.8) is 0 Å². The van der Waals surface area contributed by atoms with E-state index in [2.05, 4.69) is 5.32 Å². The Labute approximate surface area is 156 Å². The summed E-state index contributed by atoms with van der Waals surface area (Å²) in [6, 6.07) is 17.4. The van der Waals surface area contributed by atoms with E-state index in [-0.39, 0.29) is 26.4 Å². The van der Waals surface area contributed by atoms with Crippen LogP contribution in [0.3, 0.4) is 0 Å². The van der Waals surface area contributed by atoms with Crippen molar-refractivity contribution in [1.29, 1.82) is 0 Å². The molecule has 1 unspecified atom stereocenters. The molecule has 0 radical (unpaired) electrons. The number of carbonyl (C=O) groups excluding carboxylic acids is 3. The fourth-order valence-corrected chi connectivity index (χ4v) is 2.67. The van der Waals surface area contributed by atoms with E-state index in [1.165, 1.54) is 0 Å². The fraction of sp³-hybridized carbons (Fsp3) is 0.250. The van der Waals surface area contributed by atoms with Gasteiger partial charge in [-0.25, -0.2) is 4.79 Å². The van der Waals surface area contributed by atoms with Crippen LogP contribution >= 0.6 is 0 Å². The van der Waals surface area contributed by atoms with Crippen molar-refractivity contribution < 1.29 is 23.9 Å². The second kappa shape index (κ2) is 8.95. The average Bonchev–Trinajstić information content (AvgIpc) is 2.82. The first-order valence-corrected chi connectivity index (χ1v) is 8.56. The molecule has 3 rings (SSSR count). The highest BCUT2D eigenvalue weighted by Crippen LogP contribution is 2.11. The molecule has 3 amide bonds. The van der Waals surface area contributed by atoms with Gasteiger partial charge in [-0.05, 0) is 11.1 Å². The van der Waals surface area contributed by atoms with Crippen LogP contribution in [0.2, 0.25) is 0 Å². The number of imide groups is 1. The minimum atomic E-state index is -0.983. The van der Waals surface area contributed by atoms with E-state index in [9.17, 15) is 14.4 Å². The maximum Gasteiger partial charge on any atom is 0.408 e. The molecule has 2 aromatic rings. The van der Waals surface area contributed by atoms with Crippen LogP contribution in [0.15, 0.2) is 60.7 Å². The highest BCUT2D eigenvalue weighted by Gasteiger charge is 2.33. The number of hydrogen-bond donors (Lipinski definition) is 1. The van der Waals surface area contributed by atoms with Crippen LogP contribution < -0.4 is 5.32 Å². The number of amides is 3. The third-order valence-electron chi connectivity index (χ3n) is 4.06. The zero-order valence-electron chi connectivity index (χ0n) is 14.7. The molecule has 0 aromatic heterocycles. The Balaban J connectivity index is 1.61. The summed E-state index contributed by atoms with van der Waals surface area (Å²) in [6.07, 6.45) is -0.741. The third kappa shape index (κ3) is 5.15. The molecule has 7 nitrogen and oxygen atoms in total. The van der Waals surface area contributed by atoms with E-state index in [1.54, 1.807) is 0 Å². The van der Waals surface area contributed by atoms with Gasteiger partial charge in [0.1, 0.15) is 19.3 Å². The lowest BCUT2D eigenvalue weighted by Gasteiger charge is -2.22. The Hall–Kier alpha value is -3.19. The van der Waals surface area contributed by atoms with Crippen LogP contribution in [-0.4, -0.2) is 42.1 Å². The van der Waals surface area contributed by atoms with Gasteiger partial charge in [0.25, 0.3) is 11.8 Å². The van der Waals surface area contributed by atoms with Gasteiger partial charge in [-0.2, -0.15) is 0 Å². The molecule has 1 aliphatic heterocycles. The monoisotopic (exact) mass is 368 g/mol. The van der Waals surface area contributed by atoms with E-state index in [0.717, 1.165) is 16.0 Å². The minimum Gasteiger partial charge on any atom is -0.445 e. The Morgan fingerprint density at radius 3 is 2.33 bits per heavy atom. The van der Waals surface area contributed by atoms with E-state index < -0.39 is 23.9 Å². The third-order valence-corrected chi connectivity index (χ3v) is 4.06. The number of nitrogens with zero attached hydrogens (tertiary/aromatic N) is 1. The molecule has 1 aliphatic rings. The molecule has 140 valence electrons. The fourth-order valence-electron chi connectivity index (χ4n) is 2.67. The lowest BCUT2D eigenvalue weighted by molar-refractivity contribution is -0.145. The van der Waals surface area contributed by atoms with Crippen molar-refractivity contribution in [2.24, 2.45) is 0 Å². The molecule has 2 aromatic carbocycles. The van der Waals surface area contributed by atoms with Gasteiger partial charge in [0, 0.05) is 0 Å². The van der Waals surface area contributed by atoms with E-state index in [4.69, 9.17) is 9.47 Å². The van der Waals surface area contributed by atoms with Gasteiger partial charge in [-0.15, -0.1) is 0 Å². The lowest BCUT2D eigenvalue weighted by atomic mass is 10.2. The molecule has 0 bridgehead atoms. The van der Waals surface area contributed by atoms with E-state index in [0.29, 0.717) is 0 Å². The minimum absolute atomic E-state index is 0.0844. The Bertz CT molecular complexity index is 795. The first-order valence-electron chi connectivity index (χ1n) is 8.56. The number of benzene rings is 2. The molecule has 0 aliphatic carbocycles. The summed E-state index contributed by atoms with van der Waals surface area (Å²) in [7, 11) is 0. The molecule has 1 saturated heterocycles. The molecule has 0 saturated carbocycles. The second-order valence-electron chi connectivity index (χ2n) is 6.08. The smallest absolute Gasteiger partial charge is 0.408 e. The number of ether oxygens (including phenoxy) is 2. The molecule has 0 spiro atoms. The first-order chi connectivity index (χ1) is 13.1. The Kier molecular flexibility index (Phi) is 6.17. The van der Waals surface area contributed by atoms with E-state index in [1.807, 2.05) is 60.7 Å². The molecular weight excluding hydrogens is 348 g/mol. The van der Waals surface area contributed by atoms with Crippen LogP contribution in [0.5, 0.6) is 0 Å². The first kappa shape index (κ1) is 18.6. The summed E-state index contributed by atoms with van der Waals surface area (Å²) in [5.74, 6) is -0.955. The summed E-state index contributed by atoms with van der Waals surface area (Å²) in [5, 5.41) is 2.49. The van der Waals surface area contributed by atoms with Gasteiger partial charge in [-0.1, -0.05) is 60.7 Å². The molecule has 1 N–H and O–H groups in total. The summed E-state index contributed by atoms with van der Waals surface area (Å²) < 4.78 is 10.4. The highest BCUT2D eigenvalue weighted by atomic mass is 16.5. The number of alkyl carbamates (subject to hydrolysis) is 1. The quantitative estimate of drug-likeness (QED) is 0.815. The predicted octanol–water partition coefficient (Wildman–Crippen LogP) is 1.87. The van der Waals surface area contributed by atoms with Crippen molar-refractivity contribution in [3.05, 3.63) is 71.8 Å². The molecule has 1 heterocycles. The maximum atomic E-state index is 12.7. The largest absolute Gasteiger partial charge is 0.445 e. The van der Waals surface area contributed by atoms with Gasteiger partial charge in [0.2, 0.25) is 0 Å². The summed E-state index contributed by atoms with van der Waals surface area (Å²) >= 11 is 0. The number of hydrogen-bond acceptors (Lipinski definition) is 5. The SMILES string of the molecule is O=C(NC1COCC(=O)N(Cc2ccccc2)C1=O)OCc1ccccc1. The molecular formula is C20H20N2O5. The van der Waals surface area contributed by atoms with Crippen molar-refractivity contribution in [2.45, 2.75) is 19.2 Å². The van der Waals surface area contributed by atoms with Crippen LogP contribution in [0.4, 0.5) is 4.79 Å². The van der Waals surface area contributed by atoms with Crippen LogP contribution in [0.1, 0.15) is 11.1 Å². The Morgan fingerprint density at radius 2 is 1.67 bits per heavy atom. The van der Waals surface area contributed by atoms with Gasteiger partial charge >= 0.3 is 6.09 Å². The van der Waals surface area contributed by atoms with Crippen LogP contribution in [-0.2, 0) is 32.2 Å². The van der Waals surface area contributed by atoms with Gasteiger partial charge in [-0.3, -0.25) is 14.5 Å². The summed E-state index contributed by atoms with van der Waals surface area (Å²) in [5.41, 5.74) is 1.64. The number of rotatable bonds is 5. The second-order valence-corrected chi connectivity index (χ2v) is 6.08. The molecule has 7 heteroatoms. The van der Waals surface area contributed by atoms with Gasteiger partial charge in [0.05, 0.1) is 13.2 Å². The van der Waals surface area contributed by atoms with E-state index >= 15 is 0 Å². The molecule has 1 fully saturated rings. The molecule has 27 heavy (non-hydrogen) atoms. The zero-order chi connectivity index (χ0) is 19.1. The maximum absolute atomic E-state index is 12.7. The molecule has 1 atom stereocenters. The number of carbonyl (C=O) groups is 3. The normalized spacial score (nSPS) is 17.3. The van der Waals surface area contributed by atoms with Gasteiger partial charge < -0.3 is 14.8 Å².